The van der Waals surface area contributed by atoms with E-state index in [9.17, 15) is 5.11 Å². The van der Waals surface area contributed by atoms with E-state index in [4.69, 9.17) is 20.4 Å². The molecule has 72 valence electrons. The van der Waals surface area contributed by atoms with Gasteiger partial charge >= 0.3 is 0 Å². The highest BCUT2D eigenvalue weighted by Gasteiger charge is 2.44. The van der Waals surface area contributed by atoms with Gasteiger partial charge < -0.3 is 30.8 Å². The van der Waals surface area contributed by atoms with Crippen molar-refractivity contribution < 1.29 is 30.8 Å². The van der Waals surface area contributed by atoms with Crippen LogP contribution in [-0.4, -0.2) is 62.7 Å². The Balaban J connectivity index is 2.63. The van der Waals surface area contributed by atoms with Crippen molar-refractivity contribution in [2.45, 2.75) is 30.6 Å². The lowest BCUT2D eigenvalue weighted by atomic mass is 9.95. The van der Waals surface area contributed by atoms with Gasteiger partial charge in [-0.1, -0.05) is 0 Å². The number of piperidine rings is 1. The first-order chi connectivity index (χ1) is 5.57. The maximum Gasteiger partial charge on any atom is 0.217 e. The Morgan fingerprint density at radius 1 is 0.917 bits per heavy atom. The number of rotatable bonds is 1. The van der Waals surface area contributed by atoms with Crippen molar-refractivity contribution in [2.24, 2.45) is 0 Å². The number of hydrogen-bond acceptors (Lipinski definition) is 5. The predicted molar refractivity (Wildman–Crippen MR) is 36.8 cm³/mol. The summed E-state index contributed by atoms with van der Waals surface area (Å²) in [6, 6.07) is -0.682. The second-order valence-electron chi connectivity index (χ2n) is 3.00. The summed E-state index contributed by atoms with van der Waals surface area (Å²) in [6.07, 6.45) is -5.18. The summed E-state index contributed by atoms with van der Waals surface area (Å²) in [5, 5.41) is 46.4. The number of quaternary nitrogens is 1. The van der Waals surface area contributed by atoms with Crippen LogP contribution in [0.4, 0.5) is 0 Å². The molecule has 0 saturated carbocycles. The first-order valence-electron chi connectivity index (χ1n) is 3.76. The molecule has 0 aliphatic carbocycles. The zero-order chi connectivity index (χ0) is 9.30. The third kappa shape index (κ3) is 1.58. The molecule has 1 saturated heterocycles. The SMILES string of the molecule is OC[C@H]1[NH2+]C(O)[C@@H](O)[C@@H](O)[C@@H]1O. The summed E-state index contributed by atoms with van der Waals surface area (Å²) in [5.74, 6) is 0. The Labute approximate surface area is 69.1 Å². The highest BCUT2D eigenvalue weighted by molar-refractivity contribution is 4.84. The van der Waals surface area contributed by atoms with Crippen molar-refractivity contribution in [1.29, 1.82) is 0 Å². The molecule has 1 aliphatic rings. The molecule has 1 unspecified atom stereocenters. The van der Waals surface area contributed by atoms with Crippen LogP contribution in [0.15, 0.2) is 0 Å². The van der Waals surface area contributed by atoms with E-state index in [1.54, 1.807) is 0 Å². The van der Waals surface area contributed by atoms with Crippen molar-refractivity contribution >= 4 is 0 Å². The molecule has 5 atom stereocenters. The number of aliphatic hydroxyl groups excluding tert-OH is 5. The molecule has 12 heavy (non-hydrogen) atoms. The van der Waals surface area contributed by atoms with Crippen LogP contribution in [0, 0.1) is 0 Å². The topological polar surface area (TPSA) is 118 Å². The molecule has 1 aliphatic heterocycles. The van der Waals surface area contributed by atoms with E-state index < -0.39 is 30.6 Å². The smallest absolute Gasteiger partial charge is 0.217 e. The minimum Gasteiger partial charge on any atom is -0.390 e. The molecule has 1 heterocycles. The van der Waals surface area contributed by atoms with Gasteiger partial charge in [0.05, 0.1) is 6.61 Å². The molecule has 0 aromatic rings. The lowest BCUT2D eigenvalue weighted by Gasteiger charge is -2.35. The van der Waals surface area contributed by atoms with E-state index in [1.165, 1.54) is 5.32 Å². The summed E-state index contributed by atoms with van der Waals surface area (Å²) in [4.78, 5) is 0. The maximum absolute atomic E-state index is 9.21. The average molecular weight is 180 g/mol. The van der Waals surface area contributed by atoms with Crippen molar-refractivity contribution in [3.8, 4) is 0 Å². The zero-order valence-electron chi connectivity index (χ0n) is 6.41. The molecule has 0 bridgehead atoms. The van der Waals surface area contributed by atoms with Crippen LogP contribution < -0.4 is 5.32 Å². The predicted octanol–water partition coefficient (Wildman–Crippen LogP) is -4.67. The molecule has 0 aromatic heterocycles. The van der Waals surface area contributed by atoms with Gasteiger partial charge in [0.2, 0.25) is 6.23 Å². The van der Waals surface area contributed by atoms with Crippen LogP contribution in [0.3, 0.4) is 0 Å². The molecular weight excluding hydrogens is 166 g/mol. The monoisotopic (exact) mass is 180 g/mol. The van der Waals surface area contributed by atoms with Crippen molar-refractivity contribution in [3.63, 3.8) is 0 Å². The van der Waals surface area contributed by atoms with Gasteiger partial charge in [0, 0.05) is 0 Å². The minimum absolute atomic E-state index is 0.359. The van der Waals surface area contributed by atoms with E-state index in [-0.39, 0.29) is 6.61 Å². The largest absolute Gasteiger partial charge is 0.390 e. The van der Waals surface area contributed by atoms with Gasteiger partial charge in [0.15, 0.2) is 6.10 Å². The van der Waals surface area contributed by atoms with Gasteiger partial charge in [0.1, 0.15) is 18.2 Å². The molecule has 6 heteroatoms. The average Bonchev–Trinajstić information content (AvgIpc) is 2.08. The molecule has 7 N–H and O–H groups in total. The van der Waals surface area contributed by atoms with Crippen LogP contribution in [0.1, 0.15) is 0 Å². The van der Waals surface area contributed by atoms with Gasteiger partial charge in [-0.2, -0.15) is 0 Å². The van der Waals surface area contributed by atoms with E-state index in [0.29, 0.717) is 0 Å². The standard InChI is InChI=1S/C6H13NO5/c8-1-2-3(9)4(10)5(11)6(12)7-2/h2-12H,1H2/p+1/t2-,3-,4+,5+,6?/m1/s1. The molecule has 0 spiro atoms. The highest BCUT2D eigenvalue weighted by atomic mass is 16.4. The van der Waals surface area contributed by atoms with Crippen LogP contribution in [0.2, 0.25) is 0 Å². The van der Waals surface area contributed by atoms with E-state index in [1.807, 2.05) is 0 Å². The van der Waals surface area contributed by atoms with Gasteiger partial charge in [0.25, 0.3) is 0 Å². The van der Waals surface area contributed by atoms with E-state index in [2.05, 4.69) is 0 Å². The van der Waals surface area contributed by atoms with Gasteiger partial charge in [-0.05, 0) is 0 Å². The first kappa shape index (κ1) is 9.85. The summed E-state index contributed by atoms with van der Waals surface area (Å²) in [6.45, 7) is -0.359. The Hall–Kier alpha value is -0.240. The van der Waals surface area contributed by atoms with E-state index in [0.717, 1.165) is 0 Å². The Morgan fingerprint density at radius 2 is 1.50 bits per heavy atom. The molecule has 0 radical (unpaired) electrons. The Kier molecular flexibility index (Phi) is 2.99. The fourth-order valence-corrected chi connectivity index (χ4v) is 1.31. The van der Waals surface area contributed by atoms with Crippen molar-refractivity contribution in [3.05, 3.63) is 0 Å². The van der Waals surface area contributed by atoms with E-state index >= 15 is 0 Å². The molecule has 1 fully saturated rings. The lowest BCUT2D eigenvalue weighted by molar-refractivity contribution is -0.779. The van der Waals surface area contributed by atoms with Gasteiger partial charge in [-0.25, -0.2) is 0 Å². The third-order valence-electron chi connectivity index (χ3n) is 2.14. The normalized spacial score (nSPS) is 49.2. The fraction of sp³-hybridized carbons (Fsp3) is 1.00. The number of aliphatic hydroxyl groups is 5. The Bertz CT molecular complexity index is 150. The summed E-state index contributed by atoms with van der Waals surface area (Å²) >= 11 is 0. The zero-order valence-corrected chi connectivity index (χ0v) is 6.41. The molecule has 0 amide bonds. The van der Waals surface area contributed by atoms with Gasteiger partial charge in [-0.15, -0.1) is 0 Å². The Morgan fingerprint density at radius 3 is 2.00 bits per heavy atom. The maximum atomic E-state index is 9.21. The fourth-order valence-electron chi connectivity index (χ4n) is 1.31. The second kappa shape index (κ2) is 3.65. The van der Waals surface area contributed by atoms with Crippen LogP contribution >= 0.6 is 0 Å². The number of hydrogen-bond donors (Lipinski definition) is 6. The third-order valence-corrected chi connectivity index (χ3v) is 2.14. The molecular formula is C6H14NO5+. The molecule has 0 aromatic carbocycles. The van der Waals surface area contributed by atoms with Crippen LogP contribution in [0.5, 0.6) is 0 Å². The van der Waals surface area contributed by atoms with Crippen LogP contribution in [-0.2, 0) is 0 Å². The summed E-state index contributed by atoms with van der Waals surface area (Å²) < 4.78 is 0. The lowest BCUT2D eigenvalue weighted by Crippen LogP contribution is -3.03. The molecule has 1 rings (SSSR count). The summed E-state index contributed by atoms with van der Waals surface area (Å²) in [7, 11) is 0. The van der Waals surface area contributed by atoms with Crippen LogP contribution in [0.25, 0.3) is 0 Å². The van der Waals surface area contributed by atoms with Crippen molar-refractivity contribution in [2.75, 3.05) is 6.61 Å². The molecule has 6 nitrogen and oxygen atoms in total. The summed E-state index contributed by atoms with van der Waals surface area (Å²) in [5.41, 5.74) is 0. The van der Waals surface area contributed by atoms with Crippen molar-refractivity contribution in [1.82, 2.24) is 0 Å². The second-order valence-corrected chi connectivity index (χ2v) is 3.00. The quantitative estimate of drug-likeness (QED) is 0.242. The number of nitrogens with two attached hydrogens (primary N) is 1. The highest BCUT2D eigenvalue weighted by Crippen LogP contribution is 2.08. The minimum atomic E-state index is -1.40. The van der Waals surface area contributed by atoms with Gasteiger partial charge in [-0.3, -0.25) is 0 Å². The first-order valence-corrected chi connectivity index (χ1v) is 3.76.